The maximum Gasteiger partial charge on any atom is 2.00 e. The van der Waals surface area contributed by atoms with Gasteiger partial charge in [-0.3, -0.25) is 9.59 Å². The van der Waals surface area contributed by atoms with Crippen molar-refractivity contribution in [3.05, 3.63) is 224 Å². The van der Waals surface area contributed by atoms with Crippen LogP contribution in [0.1, 0.15) is 39.5 Å². The number of nitrogens with one attached hydrogen (secondary N) is 2. The van der Waals surface area contributed by atoms with Crippen molar-refractivity contribution in [2.24, 2.45) is 0 Å². The van der Waals surface area contributed by atoms with Gasteiger partial charge in [0.05, 0.1) is 0 Å². The molecule has 1 aliphatic carbocycles. The van der Waals surface area contributed by atoms with Crippen molar-refractivity contribution in [2.45, 2.75) is 0 Å². The summed E-state index contributed by atoms with van der Waals surface area (Å²) in [7, 11) is 0. The zero-order valence-electron chi connectivity index (χ0n) is 27.4. The molecule has 6 nitrogen and oxygen atoms in total. The summed E-state index contributed by atoms with van der Waals surface area (Å²) in [5, 5.41) is 3.10. The van der Waals surface area contributed by atoms with E-state index < -0.39 is 11.6 Å². The van der Waals surface area contributed by atoms with Gasteiger partial charge in [0.25, 0.3) is 0 Å². The van der Waals surface area contributed by atoms with E-state index in [2.05, 4.69) is 70.6 Å². The number of carbonyl (C=O) groups excluding carboxylic acids is 2. The van der Waals surface area contributed by atoms with E-state index in [4.69, 9.17) is 9.97 Å². The molecule has 0 spiro atoms. The first-order valence-electron chi connectivity index (χ1n) is 16.4. The van der Waals surface area contributed by atoms with Crippen molar-refractivity contribution in [3.63, 3.8) is 0 Å². The van der Waals surface area contributed by atoms with Crippen LogP contribution in [0, 0.1) is 0 Å². The Hall–Kier alpha value is -6.30. The molecule has 8 bridgehead atoms. The molecule has 7 heteroatoms. The first-order chi connectivity index (χ1) is 24.6. The van der Waals surface area contributed by atoms with E-state index in [0.29, 0.717) is 10.9 Å². The number of rotatable bonds is 4. The third-order valence-electron chi connectivity index (χ3n) is 9.17. The van der Waals surface area contributed by atoms with E-state index >= 15 is 0 Å². The van der Waals surface area contributed by atoms with Crippen molar-refractivity contribution in [3.8, 4) is 0 Å². The van der Waals surface area contributed by atoms with Gasteiger partial charge in [-0.25, -0.2) is 0 Å². The molecule has 0 fully saturated rings. The van der Waals surface area contributed by atoms with Gasteiger partial charge in [-0.05, 0) is 81.0 Å². The molecule has 0 atom stereocenters. The van der Waals surface area contributed by atoms with Crippen molar-refractivity contribution in [1.82, 2.24) is 19.9 Å². The summed E-state index contributed by atoms with van der Waals surface area (Å²) < 4.78 is 0. The molecule has 0 saturated heterocycles. The first kappa shape index (κ1) is 31.9. The van der Waals surface area contributed by atoms with E-state index in [-0.39, 0.29) is 19.5 Å². The van der Waals surface area contributed by atoms with Gasteiger partial charge < -0.3 is 19.9 Å². The Morgan fingerprint density at radius 2 is 0.725 bits per heavy atom. The second kappa shape index (κ2) is 13.2. The third kappa shape index (κ3) is 5.78. The number of hydrogen-bond acceptors (Lipinski definition) is 2. The maximum absolute atomic E-state index is 12.7. The molecular weight excluding hydrogens is 682 g/mol. The monoisotopic (exact) mass is 708 g/mol. The summed E-state index contributed by atoms with van der Waals surface area (Å²) >= 11 is 0. The molecule has 9 rings (SSSR count). The topological polar surface area (TPSA) is 93.9 Å². The summed E-state index contributed by atoms with van der Waals surface area (Å²) in [6.07, 6.45) is 4.42. The van der Waals surface area contributed by atoms with Crippen LogP contribution in [0.15, 0.2) is 163 Å². The molecule has 1 aliphatic heterocycles. The molecule has 238 valence electrons. The number of aromatic amines is 2. The van der Waals surface area contributed by atoms with Crippen LogP contribution in [-0.2, 0) is 29.1 Å². The van der Waals surface area contributed by atoms with E-state index in [1.807, 2.05) is 78.9 Å². The fourth-order valence-corrected chi connectivity index (χ4v) is 6.90. The van der Waals surface area contributed by atoms with Gasteiger partial charge in [0.2, 0.25) is 11.6 Å². The van der Waals surface area contributed by atoms with Crippen LogP contribution in [0.5, 0.6) is 0 Å². The zero-order valence-corrected chi connectivity index (χ0v) is 30.4. The summed E-state index contributed by atoms with van der Waals surface area (Å²) in [5.74, 6) is -1.11. The SMILES string of the molecule is O=C1C=CC(/C2=c3\cc/c([n-]3)=C(\c3ccccc3)c3ccc([nH]3)/C(c3ccccc3)=c3/cc/c([n-]3)=C(\c3ccccc3)c3ccc2[nH]3)=CC1=O.[Zn+2]. The van der Waals surface area contributed by atoms with Crippen LogP contribution in [0.2, 0.25) is 0 Å². The molecule has 2 aliphatic rings. The van der Waals surface area contributed by atoms with Crippen molar-refractivity contribution in [2.75, 3.05) is 0 Å². The van der Waals surface area contributed by atoms with Gasteiger partial charge in [-0.1, -0.05) is 121 Å². The molecule has 0 saturated carbocycles. The number of aromatic nitrogens is 4. The average Bonchev–Trinajstić information content (AvgIpc) is 3.99. The fourth-order valence-electron chi connectivity index (χ4n) is 6.90. The second-order valence-electron chi connectivity index (χ2n) is 12.3. The number of allylic oxidation sites excluding steroid dienone is 4. The first-order valence-corrected chi connectivity index (χ1v) is 16.4. The van der Waals surface area contributed by atoms with Crippen molar-refractivity contribution < 1.29 is 29.1 Å². The minimum atomic E-state index is -0.563. The Kier molecular flexibility index (Phi) is 8.27. The molecule has 4 aromatic heterocycles. The van der Waals surface area contributed by atoms with E-state index in [0.717, 1.165) is 77.8 Å². The minimum absolute atomic E-state index is 0. The predicted molar refractivity (Wildman–Crippen MR) is 194 cm³/mol. The number of ketones is 2. The molecular formula is C44H28N4O2Zn. The molecule has 0 radical (unpaired) electrons. The number of H-pyrrole nitrogens is 2. The van der Waals surface area contributed by atoms with Crippen LogP contribution in [-0.4, -0.2) is 21.5 Å². The summed E-state index contributed by atoms with van der Waals surface area (Å²) in [6.45, 7) is 0. The van der Waals surface area contributed by atoms with E-state index in [1.165, 1.54) is 12.2 Å². The largest absolute Gasteiger partial charge is 2.00 e. The number of fused-ring (bicyclic) bond motifs is 8. The Morgan fingerprint density at radius 3 is 1.10 bits per heavy atom. The molecule has 3 aromatic carbocycles. The summed E-state index contributed by atoms with van der Waals surface area (Å²) in [4.78, 5) is 42.8. The third-order valence-corrected chi connectivity index (χ3v) is 9.17. The number of carbonyl (C=O) groups is 2. The summed E-state index contributed by atoms with van der Waals surface area (Å²) in [5.41, 5.74) is 10.7. The Balaban J connectivity index is 0.00000374. The van der Waals surface area contributed by atoms with Crippen LogP contribution in [0.3, 0.4) is 0 Å². The number of nitrogens with zero attached hydrogens (tertiary/aromatic N) is 2. The Bertz CT molecular complexity index is 2780. The van der Waals surface area contributed by atoms with Gasteiger partial charge in [-0.15, -0.1) is 21.4 Å². The van der Waals surface area contributed by atoms with Gasteiger partial charge in [0.15, 0.2) is 0 Å². The average molecular weight is 710 g/mol. The van der Waals surface area contributed by atoms with Crippen LogP contribution in [0.25, 0.3) is 22.3 Å². The number of hydrogen-bond donors (Lipinski definition) is 2. The second-order valence-corrected chi connectivity index (χ2v) is 12.3. The Labute approximate surface area is 305 Å². The van der Waals surface area contributed by atoms with E-state index in [9.17, 15) is 9.59 Å². The summed E-state index contributed by atoms with van der Waals surface area (Å²) in [6, 6.07) is 47.1. The molecule has 5 heterocycles. The minimum Gasteiger partial charge on any atom is -0.657 e. The van der Waals surface area contributed by atoms with Gasteiger partial charge in [0, 0.05) is 22.8 Å². The van der Waals surface area contributed by atoms with Crippen LogP contribution < -0.4 is 31.4 Å². The normalized spacial score (nSPS) is 18.3. The van der Waals surface area contributed by atoms with Gasteiger partial charge in [-0.2, -0.15) is 0 Å². The quantitative estimate of drug-likeness (QED) is 0.163. The smallest absolute Gasteiger partial charge is 0.657 e. The van der Waals surface area contributed by atoms with Crippen LogP contribution >= 0.6 is 0 Å². The van der Waals surface area contributed by atoms with Gasteiger partial charge in [0.1, 0.15) is 0 Å². The van der Waals surface area contributed by atoms with Crippen LogP contribution in [0.4, 0.5) is 0 Å². The van der Waals surface area contributed by atoms with Crippen molar-refractivity contribution >= 4 is 33.9 Å². The maximum atomic E-state index is 12.7. The molecule has 0 amide bonds. The van der Waals surface area contributed by atoms with Crippen molar-refractivity contribution in [1.29, 1.82) is 0 Å². The molecule has 7 aromatic rings. The predicted octanol–water partition coefficient (Wildman–Crippen LogP) is 4.14. The van der Waals surface area contributed by atoms with E-state index in [1.54, 1.807) is 6.08 Å². The molecule has 2 N–H and O–H groups in total. The standard InChI is InChI=1S/C44H30N4O2.Zn/c49-39-25-16-30(26-40(39)50)44-37-23-21-35(47-37)42(28-12-6-2-7-13-28)33-19-17-31(45-33)41(27-10-4-1-5-11-27)32-18-20-34(46-32)43(29-14-8-3-9-15-29)36-22-24-38(44)48-36;/h1-26H,(H4,45,46,47,48,49,50);/q;+2/p-2/b41-31-,41-32?,42-33-,42-35?,43-34?,43-36-,44-37?,44-38-;. The van der Waals surface area contributed by atoms with Gasteiger partial charge >= 0.3 is 19.5 Å². The zero-order chi connectivity index (χ0) is 33.6. The molecule has 0 unspecified atom stereocenters. The Morgan fingerprint density at radius 1 is 0.373 bits per heavy atom. The molecule has 51 heavy (non-hydrogen) atoms. The number of benzene rings is 3. The fraction of sp³-hybridized carbons (Fsp3) is 0.